The molecule has 118 valence electrons. The lowest BCUT2D eigenvalue weighted by atomic mass is 10.2. The van der Waals surface area contributed by atoms with E-state index >= 15 is 0 Å². The smallest absolute Gasteiger partial charge is 0.272 e. The largest absolute Gasteiger partial charge is 0.496 e. The van der Waals surface area contributed by atoms with E-state index in [1.807, 2.05) is 54.9 Å². The highest BCUT2D eigenvalue weighted by Crippen LogP contribution is 2.29. The molecule has 5 heteroatoms. The predicted octanol–water partition coefficient (Wildman–Crippen LogP) is 4.40. The summed E-state index contributed by atoms with van der Waals surface area (Å²) >= 11 is 6.11. The van der Waals surface area contributed by atoms with Crippen molar-refractivity contribution in [1.29, 1.82) is 0 Å². The molecule has 0 unspecified atom stereocenters. The van der Waals surface area contributed by atoms with Crippen LogP contribution in [-0.2, 0) is 7.05 Å². The summed E-state index contributed by atoms with van der Waals surface area (Å²) in [6, 6.07) is 13.0. The van der Waals surface area contributed by atoms with Crippen molar-refractivity contribution in [1.82, 2.24) is 4.57 Å². The minimum atomic E-state index is -0.184. The molecule has 1 amide bonds. The molecule has 0 aliphatic heterocycles. The first-order valence-corrected chi connectivity index (χ1v) is 7.59. The Morgan fingerprint density at radius 1 is 1.22 bits per heavy atom. The van der Waals surface area contributed by atoms with Crippen LogP contribution in [0.1, 0.15) is 16.1 Å². The van der Waals surface area contributed by atoms with Gasteiger partial charge in [-0.3, -0.25) is 4.79 Å². The number of fused-ring (bicyclic) bond motifs is 1. The summed E-state index contributed by atoms with van der Waals surface area (Å²) < 4.78 is 7.22. The highest BCUT2D eigenvalue weighted by Gasteiger charge is 2.16. The topological polar surface area (TPSA) is 43.3 Å². The number of aromatic nitrogens is 1. The fourth-order valence-corrected chi connectivity index (χ4v) is 2.83. The SMILES string of the molecule is COc1cccc2c1cc(C(=O)Nc1cccc(Cl)c1C)n2C. The molecule has 23 heavy (non-hydrogen) atoms. The van der Waals surface area contributed by atoms with Crippen molar-refractivity contribution in [2.24, 2.45) is 7.05 Å². The van der Waals surface area contributed by atoms with Gasteiger partial charge in [-0.2, -0.15) is 0 Å². The van der Waals surface area contributed by atoms with Crippen LogP contribution in [0.15, 0.2) is 42.5 Å². The monoisotopic (exact) mass is 328 g/mol. The van der Waals surface area contributed by atoms with E-state index in [1.165, 1.54) is 0 Å². The Hall–Kier alpha value is -2.46. The van der Waals surface area contributed by atoms with Crippen LogP contribution in [0.4, 0.5) is 5.69 Å². The number of anilines is 1. The lowest BCUT2D eigenvalue weighted by Gasteiger charge is -2.10. The predicted molar refractivity (Wildman–Crippen MR) is 93.6 cm³/mol. The van der Waals surface area contributed by atoms with Crippen LogP contribution in [0.5, 0.6) is 5.75 Å². The Balaban J connectivity index is 2.01. The summed E-state index contributed by atoms with van der Waals surface area (Å²) in [5.74, 6) is 0.562. The number of hydrogen-bond acceptors (Lipinski definition) is 2. The van der Waals surface area contributed by atoms with Crippen LogP contribution in [0, 0.1) is 6.92 Å². The Bertz CT molecular complexity index is 899. The second-order valence-electron chi connectivity index (χ2n) is 5.35. The zero-order chi connectivity index (χ0) is 16.6. The number of nitrogens with one attached hydrogen (secondary N) is 1. The molecular formula is C18H17ClN2O2. The van der Waals surface area contributed by atoms with E-state index in [1.54, 1.807) is 13.2 Å². The van der Waals surface area contributed by atoms with E-state index in [4.69, 9.17) is 16.3 Å². The van der Waals surface area contributed by atoms with E-state index in [9.17, 15) is 4.79 Å². The molecule has 2 aromatic carbocycles. The minimum Gasteiger partial charge on any atom is -0.496 e. The minimum absolute atomic E-state index is 0.184. The maximum absolute atomic E-state index is 12.7. The average Bonchev–Trinajstić information content (AvgIpc) is 2.89. The van der Waals surface area contributed by atoms with Crippen LogP contribution in [0.3, 0.4) is 0 Å². The molecule has 0 aliphatic carbocycles. The Kier molecular flexibility index (Phi) is 4.01. The second-order valence-corrected chi connectivity index (χ2v) is 5.76. The summed E-state index contributed by atoms with van der Waals surface area (Å²) in [5.41, 5.74) is 3.06. The number of methoxy groups -OCH3 is 1. The third kappa shape index (κ3) is 2.66. The van der Waals surface area contributed by atoms with Gasteiger partial charge < -0.3 is 14.6 Å². The second kappa shape index (κ2) is 5.97. The van der Waals surface area contributed by atoms with Gasteiger partial charge in [-0.15, -0.1) is 0 Å². The van der Waals surface area contributed by atoms with E-state index < -0.39 is 0 Å². The normalized spacial score (nSPS) is 10.8. The maximum atomic E-state index is 12.7. The molecule has 0 saturated carbocycles. The first-order chi connectivity index (χ1) is 11.0. The van der Waals surface area contributed by atoms with Crippen molar-refractivity contribution in [3.8, 4) is 5.75 Å². The lowest BCUT2D eigenvalue weighted by Crippen LogP contribution is -2.16. The number of carbonyl (C=O) groups excluding carboxylic acids is 1. The molecule has 0 spiro atoms. The van der Waals surface area contributed by atoms with Crippen LogP contribution in [-0.4, -0.2) is 17.6 Å². The summed E-state index contributed by atoms with van der Waals surface area (Å²) in [6.07, 6.45) is 0. The number of halogens is 1. The van der Waals surface area contributed by atoms with Gasteiger partial charge in [0.15, 0.2) is 0 Å². The van der Waals surface area contributed by atoms with Gasteiger partial charge in [-0.05, 0) is 42.8 Å². The van der Waals surface area contributed by atoms with E-state index in [0.717, 1.165) is 22.2 Å². The lowest BCUT2D eigenvalue weighted by molar-refractivity contribution is 0.101. The van der Waals surface area contributed by atoms with Crippen molar-refractivity contribution in [2.45, 2.75) is 6.92 Å². The highest BCUT2D eigenvalue weighted by molar-refractivity contribution is 6.31. The average molecular weight is 329 g/mol. The molecule has 0 aliphatic rings. The number of benzene rings is 2. The molecular weight excluding hydrogens is 312 g/mol. The third-order valence-electron chi connectivity index (χ3n) is 4.02. The van der Waals surface area contributed by atoms with Gasteiger partial charge in [-0.25, -0.2) is 0 Å². The first-order valence-electron chi connectivity index (χ1n) is 7.22. The third-order valence-corrected chi connectivity index (χ3v) is 4.42. The molecule has 0 saturated heterocycles. The summed E-state index contributed by atoms with van der Waals surface area (Å²) in [6.45, 7) is 1.88. The maximum Gasteiger partial charge on any atom is 0.272 e. The molecule has 1 heterocycles. The van der Waals surface area contributed by atoms with Gasteiger partial charge in [0, 0.05) is 23.1 Å². The van der Waals surface area contributed by atoms with Crippen LogP contribution >= 0.6 is 11.6 Å². The summed E-state index contributed by atoms with van der Waals surface area (Å²) in [7, 11) is 3.48. The van der Waals surface area contributed by atoms with Gasteiger partial charge in [0.25, 0.3) is 5.91 Å². The molecule has 4 nitrogen and oxygen atoms in total. The van der Waals surface area contributed by atoms with Crippen molar-refractivity contribution >= 4 is 34.1 Å². The number of amides is 1. The number of hydrogen-bond donors (Lipinski definition) is 1. The van der Waals surface area contributed by atoms with E-state index in [2.05, 4.69) is 5.32 Å². The van der Waals surface area contributed by atoms with Crippen molar-refractivity contribution in [2.75, 3.05) is 12.4 Å². The van der Waals surface area contributed by atoms with Crippen LogP contribution in [0.2, 0.25) is 5.02 Å². The Morgan fingerprint density at radius 3 is 2.70 bits per heavy atom. The first kappa shape index (κ1) is 15.4. The number of rotatable bonds is 3. The Morgan fingerprint density at radius 2 is 1.96 bits per heavy atom. The molecule has 3 rings (SSSR count). The van der Waals surface area contributed by atoms with Gasteiger partial charge in [-0.1, -0.05) is 23.7 Å². The van der Waals surface area contributed by atoms with Crippen molar-refractivity contribution in [3.63, 3.8) is 0 Å². The van der Waals surface area contributed by atoms with Crippen LogP contribution < -0.4 is 10.1 Å². The van der Waals surface area contributed by atoms with Gasteiger partial charge >= 0.3 is 0 Å². The van der Waals surface area contributed by atoms with Crippen LogP contribution in [0.25, 0.3) is 10.9 Å². The summed E-state index contributed by atoms with van der Waals surface area (Å²) in [5, 5.41) is 4.46. The molecule has 0 fully saturated rings. The molecule has 0 bridgehead atoms. The number of aryl methyl sites for hydroxylation is 1. The van der Waals surface area contributed by atoms with Gasteiger partial charge in [0.05, 0.1) is 12.6 Å². The fraction of sp³-hybridized carbons (Fsp3) is 0.167. The number of nitrogens with zero attached hydrogens (tertiary/aromatic N) is 1. The quantitative estimate of drug-likeness (QED) is 0.774. The summed E-state index contributed by atoms with van der Waals surface area (Å²) in [4.78, 5) is 12.7. The van der Waals surface area contributed by atoms with E-state index in [-0.39, 0.29) is 5.91 Å². The van der Waals surface area contributed by atoms with Gasteiger partial charge in [0.1, 0.15) is 11.4 Å². The van der Waals surface area contributed by atoms with E-state index in [0.29, 0.717) is 16.4 Å². The molecule has 0 atom stereocenters. The number of carbonyl (C=O) groups is 1. The molecule has 1 N–H and O–H groups in total. The molecule has 3 aromatic rings. The molecule has 1 aromatic heterocycles. The van der Waals surface area contributed by atoms with Gasteiger partial charge in [0.2, 0.25) is 0 Å². The molecule has 0 radical (unpaired) electrons. The highest BCUT2D eigenvalue weighted by atomic mass is 35.5. The standard InChI is InChI=1S/C18H17ClN2O2/c1-11-13(19)6-4-7-14(11)20-18(22)16-10-12-15(21(16)2)8-5-9-17(12)23-3/h4-10H,1-3H3,(H,20,22). The Labute approximate surface area is 139 Å². The zero-order valence-electron chi connectivity index (χ0n) is 13.2. The fourth-order valence-electron chi connectivity index (χ4n) is 2.66. The van der Waals surface area contributed by atoms with Crippen molar-refractivity contribution < 1.29 is 9.53 Å². The number of ether oxygens (including phenoxy) is 1. The van der Waals surface area contributed by atoms with Crippen molar-refractivity contribution in [3.05, 3.63) is 58.7 Å². The zero-order valence-corrected chi connectivity index (χ0v) is 13.9.